The molecule has 0 bridgehead atoms. The van der Waals surface area contributed by atoms with Crippen LogP contribution in [0.4, 0.5) is 20.2 Å². The van der Waals surface area contributed by atoms with Crippen LogP contribution in [-0.2, 0) is 0 Å². The number of carbonyl (C=O) groups excluding carboxylic acids is 1. The third kappa shape index (κ3) is 4.22. The first-order valence-corrected chi connectivity index (χ1v) is 6.69. The second-order valence-corrected chi connectivity index (χ2v) is 4.58. The number of hydrogen-bond acceptors (Lipinski definition) is 4. The molecule has 2 aromatic carbocycles. The summed E-state index contributed by atoms with van der Waals surface area (Å²) in [6.07, 6.45) is 0. The molecule has 1 amide bonds. The van der Waals surface area contributed by atoms with Gasteiger partial charge in [-0.2, -0.15) is 0 Å². The summed E-state index contributed by atoms with van der Waals surface area (Å²) in [5, 5.41) is 16.0. The third-order valence-electron chi connectivity index (χ3n) is 3.00. The maximum atomic E-state index is 13.4. The van der Waals surface area contributed by atoms with Gasteiger partial charge in [0.2, 0.25) is 0 Å². The summed E-state index contributed by atoms with van der Waals surface area (Å²) in [5.41, 5.74) is -0.355. The lowest BCUT2D eigenvalue weighted by molar-refractivity contribution is -0.384. The SMILES string of the molecule is O=C(NCCNc1cc(F)ccc1[N+](=O)[O-])c1ccccc1F. The van der Waals surface area contributed by atoms with Gasteiger partial charge in [0.25, 0.3) is 11.6 Å². The lowest BCUT2D eigenvalue weighted by atomic mass is 10.2. The van der Waals surface area contributed by atoms with E-state index in [0.29, 0.717) is 0 Å². The van der Waals surface area contributed by atoms with E-state index < -0.39 is 22.5 Å². The van der Waals surface area contributed by atoms with E-state index in [1.807, 2.05) is 0 Å². The third-order valence-corrected chi connectivity index (χ3v) is 3.00. The van der Waals surface area contributed by atoms with Crippen molar-refractivity contribution in [1.29, 1.82) is 0 Å². The molecule has 0 fully saturated rings. The van der Waals surface area contributed by atoms with Gasteiger partial charge < -0.3 is 10.6 Å². The lowest BCUT2D eigenvalue weighted by Gasteiger charge is -2.09. The van der Waals surface area contributed by atoms with E-state index in [1.54, 1.807) is 0 Å². The van der Waals surface area contributed by atoms with E-state index in [1.165, 1.54) is 24.3 Å². The standard InChI is InChI=1S/C15H13F2N3O3/c16-10-5-6-14(20(22)23)13(9-10)18-7-8-19-15(21)11-3-1-2-4-12(11)17/h1-6,9,18H,7-8H2,(H,19,21). The van der Waals surface area contributed by atoms with E-state index >= 15 is 0 Å². The number of hydrogen-bond donors (Lipinski definition) is 2. The van der Waals surface area contributed by atoms with Gasteiger partial charge in [-0.3, -0.25) is 14.9 Å². The molecule has 0 aliphatic carbocycles. The predicted octanol–water partition coefficient (Wildman–Crippen LogP) is 2.71. The van der Waals surface area contributed by atoms with Crippen molar-refractivity contribution in [3.63, 3.8) is 0 Å². The van der Waals surface area contributed by atoms with E-state index in [0.717, 1.165) is 18.2 Å². The van der Waals surface area contributed by atoms with Crippen molar-refractivity contribution in [2.45, 2.75) is 0 Å². The minimum absolute atomic E-state index is 0.00939. The summed E-state index contributed by atoms with van der Waals surface area (Å²) in [7, 11) is 0. The van der Waals surface area contributed by atoms with E-state index in [9.17, 15) is 23.7 Å². The Morgan fingerprint density at radius 1 is 1.13 bits per heavy atom. The molecule has 0 radical (unpaired) electrons. The number of nitrogens with one attached hydrogen (secondary N) is 2. The highest BCUT2D eigenvalue weighted by Crippen LogP contribution is 2.24. The lowest BCUT2D eigenvalue weighted by Crippen LogP contribution is -2.29. The average molecular weight is 321 g/mol. The fourth-order valence-electron chi connectivity index (χ4n) is 1.92. The van der Waals surface area contributed by atoms with Gasteiger partial charge >= 0.3 is 0 Å². The Bertz CT molecular complexity index is 738. The summed E-state index contributed by atoms with van der Waals surface area (Å²) in [5.74, 6) is -1.86. The number of benzene rings is 2. The van der Waals surface area contributed by atoms with Gasteiger partial charge in [-0.05, 0) is 18.2 Å². The van der Waals surface area contributed by atoms with Crippen LogP contribution in [0.15, 0.2) is 42.5 Å². The Balaban J connectivity index is 1.91. The van der Waals surface area contributed by atoms with Crippen LogP contribution in [0.5, 0.6) is 0 Å². The number of nitro groups is 1. The van der Waals surface area contributed by atoms with E-state index in [-0.39, 0.29) is 30.0 Å². The monoisotopic (exact) mass is 321 g/mol. The zero-order valence-corrected chi connectivity index (χ0v) is 11.9. The van der Waals surface area contributed by atoms with Crippen LogP contribution in [0.25, 0.3) is 0 Å². The number of anilines is 1. The fourth-order valence-corrected chi connectivity index (χ4v) is 1.92. The summed E-state index contributed by atoms with van der Waals surface area (Å²) >= 11 is 0. The second-order valence-electron chi connectivity index (χ2n) is 4.58. The largest absolute Gasteiger partial charge is 0.378 e. The van der Waals surface area contributed by atoms with Crippen LogP contribution in [0.1, 0.15) is 10.4 Å². The Morgan fingerprint density at radius 3 is 2.57 bits per heavy atom. The Labute approximate surface area is 130 Å². The molecule has 0 unspecified atom stereocenters. The molecule has 23 heavy (non-hydrogen) atoms. The van der Waals surface area contributed by atoms with Gasteiger partial charge in [0, 0.05) is 25.2 Å². The van der Waals surface area contributed by atoms with Crippen molar-refractivity contribution in [2.75, 3.05) is 18.4 Å². The highest BCUT2D eigenvalue weighted by molar-refractivity contribution is 5.94. The number of amides is 1. The van der Waals surface area contributed by atoms with Crippen molar-refractivity contribution in [3.8, 4) is 0 Å². The summed E-state index contributed by atoms with van der Waals surface area (Å²) < 4.78 is 26.5. The molecule has 8 heteroatoms. The smallest absolute Gasteiger partial charge is 0.292 e. The van der Waals surface area contributed by atoms with Crippen LogP contribution in [0, 0.1) is 21.7 Å². The molecular formula is C15H13F2N3O3. The summed E-state index contributed by atoms with van der Waals surface area (Å²) in [6.45, 7) is 0.200. The normalized spacial score (nSPS) is 10.2. The zero-order valence-electron chi connectivity index (χ0n) is 11.9. The first-order chi connectivity index (χ1) is 11.0. The van der Waals surface area contributed by atoms with Gasteiger partial charge in [-0.1, -0.05) is 12.1 Å². The van der Waals surface area contributed by atoms with Gasteiger partial charge in [0.15, 0.2) is 0 Å². The van der Waals surface area contributed by atoms with Crippen molar-refractivity contribution in [3.05, 3.63) is 69.8 Å². The Kier molecular flexibility index (Phi) is 5.19. The molecule has 0 saturated heterocycles. The van der Waals surface area contributed by atoms with Crippen LogP contribution < -0.4 is 10.6 Å². The molecule has 2 aromatic rings. The van der Waals surface area contributed by atoms with Crippen molar-refractivity contribution in [1.82, 2.24) is 5.32 Å². The van der Waals surface area contributed by atoms with Crippen molar-refractivity contribution in [2.24, 2.45) is 0 Å². The minimum Gasteiger partial charge on any atom is -0.378 e. The molecule has 120 valence electrons. The van der Waals surface area contributed by atoms with Crippen LogP contribution in [-0.4, -0.2) is 23.9 Å². The molecular weight excluding hydrogens is 308 g/mol. The van der Waals surface area contributed by atoms with Crippen LogP contribution >= 0.6 is 0 Å². The van der Waals surface area contributed by atoms with E-state index in [2.05, 4.69) is 10.6 Å². The highest BCUT2D eigenvalue weighted by Gasteiger charge is 2.14. The molecule has 2 rings (SSSR count). The number of rotatable bonds is 6. The molecule has 2 N–H and O–H groups in total. The predicted molar refractivity (Wildman–Crippen MR) is 80.3 cm³/mol. The molecule has 0 heterocycles. The average Bonchev–Trinajstić information content (AvgIpc) is 2.51. The highest BCUT2D eigenvalue weighted by atomic mass is 19.1. The molecule has 0 saturated carbocycles. The fraction of sp³-hybridized carbons (Fsp3) is 0.133. The quantitative estimate of drug-likeness (QED) is 0.487. The van der Waals surface area contributed by atoms with Crippen LogP contribution in [0.2, 0.25) is 0 Å². The minimum atomic E-state index is -0.640. The maximum absolute atomic E-state index is 13.4. The topological polar surface area (TPSA) is 84.3 Å². The van der Waals surface area contributed by atoms with Gasteiger partial charge in [-0.15, -0.1) is 0 Å². The zero-order chi connectivity index (χ0) is 16.8. The van der Waals surface area contributed by atoms with Crippen LogP contribution in [0.3, 0.4) is 0 Å². The number of nitro benzene ring substituents is 1. The van der Waals surface area contributed by atoms with Crippen molar-refractivity contribution >= 4 is 17.3 Å². The van der Waals surface area contributed by atoms with Crippen molar-refractivity contribution < 1.29 is 18.5 Å². The molecule has 0 aliphatic heterocycles. The first-order valence-electron chi connectivity index (χ1n) is 6.69. The molecule has 0 aromatic heterocycles. The maximum Gasteiger partial charge on any atom is 0.292 e. The van der Waals surface area contributed by atoms with E-state index in [4.69, 9.17) is 0 Å². The number of carbonyl (C=O) groups is 1. The molecule has 6 nitrogen and oxygen atoms in total. The summed E-state index contributed by atoms with van der Waals surface area (Å²) in [4.78, 5) is 21.9. The summed E-state index contributed by atoms with van der Waals surface area (Å²) in [6, 6.07) is 8.55. The van der Waals surface area contributed by atoms with Gasteiger partial charge in [0.1, 0.15) is 17.3 Å². The molecule has 0 aliphatic rings. The second kappa shape index (κ2) is 7.30. The van der Waals surface area contributed by atoms with Gasteiger partial charge in [0.05, 0.1) is 10.5 Å². The Morgan fingerprint density at radius 2 is 1.87 bits per heavy atom. The number of nitrogens with zero attached hydrogens (tertiary/aromatic N) is 1. The molecule has 0 atom stereocenters. The first kappa shape index (κ1) is 16.3. The van der Waals surface area contributed by atoms with Gasteiger partial charge in [-0.25, -0.2) is 8.78 Å². The Hall–Kier alpha value is -3.03. The molecule has 0 spiro atoms. The number of halogens is 2.